The van der Waals surface area contributed by atoms with Crippen LogP contribution >= 0.6 is 0 Å². The van der Waals surface area contributed by atoms with Gasteiger partial charge in [0, 0.05) is 11.6 Å². The van der Waals surface area contributed by atoms with Gasteiger partial charge in [-0.1, -0.05) is 13.3 Å². The van der Waals surface area contributed by atoms with Crippen molar-refractivity contribution < 1.29 is 14.6 Å². The second-order valence-corrected chi connectivity index (χ2v) is 4.75. The number of hydrogen-bond acceptors (Lipinski definition) is 3. The van der Waals surface area contributed by atoms with E-state index in [1.54, 1.807) is 12.1 Å². The molecular formula is C14H19NO3. The molecule has 4 heteroatoms. The predicted octanol–water partition coefficient (Wildman–Crippen LogP) is 2.32. The molecule has 2 rings (SSSR count). The fourth-order valence-electron chi connectivity index (χ4n) is 2.20. The van der Waals surface area contributed by atoms with Gasteiger partial charge in [-0.3, -0.25) is 4.79 Å². The van der Waals surface area contributed by atoms with E-state index in [1.807, 2.05) is 0 Å². The number of rotatable bonds is 5. The highest BCUT2D eigenvalue weighted by Gasteiger charge is 2.37. The predicted molar refractivity (Wildman–Crippen MR) is 68.9 cm³/mol. The average Bonchev–Trinajstić information content (AvgIpc) is 3.07. The van der Waals surface area contributed by atoms with Crippen LogP contribution in [0.15, 0.2) is 18.2 Å². The molecule has 0 heterocycles. The van der Waals surface area contributed by atoms with Crippen LogP contribution in [0.1, 0.15) is 36.5 Å². The molecule has 98 valence electrons. The number of benzene rings is 1. The van der Waals surface area contributed by atoms with Crippen LogP contribution in [0.5, 0.6) is 11.5 Å². The first-order valence-electron chi connectivity index (χ1n) is 6.33. The molecule has 1 aliphatic rings. The van der Waals surface area contributed by atoms with Gasteiger partial charge in [0.25, 0.3) is 5.91 Å². The van der Waals surface area contributed by atoms with Gasteiger partial charge in [-0.25, -0.2) is 0 Å². The number of methoxy groups -OCH3 is 1. The highest BCUT2D eigenvalue weighted by molar-refractivity contribution is 5.95. The molecule has 18 heavy (non-hydrogen) atoms. The summed E-state index contributed by atoms with van der Waals surface area (Å²) in [7, 11) is 1.48. The van der Waals surface area contributed by atoms with E-state index in [0.29, 0.717) is 23.3 Å². The van der Waals surface area contributed by atoms with Gasteiger partial charge < -0.3 is 15.2 Å². The van der Waals surface area contributed by atoms with Crippen molar-refractivity contribution in [3.8, 4) is 11.5 Å². The minimum absolute atomic E-state index is 0.00828. The number of carbonyl (C=O) groups is 1. The molecule has 2 atom stereocenters. The maximum Gasteiger partial charge on any atom is 0.251 e. The van der Waals surface area contributed by atoms with Crippen LogP contribution in [0.25, 0.3) is 0 Å². The van der Waals surface area contributed by atoms with Crippen molar-refractivity contribution in [2.75, 3.05) is 7.11 Å². The van der Waals surface area contributed by atoms with Crippen molar-refractivity contribution in [3.63, 3.8) is 0 Å². The molecular weight excluding hydrogens is 230 g/mol. The lowest BCUT2D eigenvalue weighted by Gasteiger charge is -2.07. The van der Waals surface area contributed by atoms with Gasteiger partial charge >= 0.3 is 0 Å². The van der Waals surface area contributed by atoms with Crippen LogP contribution in [-0.2, 0) is 0 Å². The first kappa shape index (κ1) is 12.7. The van der Waals surface area contributed by atoms with E-state index < -0.39 is 0 Å². The molecule has 2 N–H and O–H groups in total. The zero-order chi connectivity index (χ0) is 13.1. The normalized spacial score (nSPS) is 21.4. The highest BCUT2D eigenvalue weighted by atomic mass is 16.5. The molecule has 1 aromatic carbocycles. The van der Waals surface area contributed by atoms with E-state index in [-0.39, 0.29) is 11.7 Å². The van der Waals surface area contributed by atoms with Gasteiger partial charge in [-0.15, -0.1) is 0 Å². The monoisotopic (exact) mass is 249 g/mol. The summed E-state index contributed by atoms with van der Waals surface area (Å²) in [6, 6.07) is 5.00. The molecule has 1 aliphatic carbocycles. The summed E-state index contributed by atoms with van der Waals surface area (Å²) in [5, 5.41) is 12.6. The number of aromatic hydroxyl groups is 1. The summed E-state index contributed by atoms with van der Waals surface area (Å²) in [6.07, 6.45) is 3.39. The maximum atomic E-state index is 11.9. The van der Waals surface area contributed by atoms with Gasteiger partial charge in [0.1, 0.15) is 0 Å². The molecule has 1 amide bonds. The lowest BCUT2D eigenvalue weighted by atomic mass is 10.2. The van der Waals surface area contributed by atoms with E-state index in [9.17, 15) is 9.90 Å². The third-order valence-corrected chi connectivity index (χ3v) is 3.34. The number of ether oxygens (including phenoxy) is 1. The molecule has 1 saturated carbocycles. The smallest absolute Gasteiger partial charge is 0.251 e. The molecule has 4 nitrogen and oxygen atoms in total. The third-order valence-electron chi connectivity index (χ3n) is 3.34. The van der Waals surface area contributed by atoms with Gasteiger partial charge in [0.05, 0.1) is 7.11 Å². The molecule has 0 saturated heterocycles. The van der Waals surface area contributed by atoms with Gasteiger partial charge in [0.2, 0.25) is 0 Å². The largest absolute Gasteiger partial charge is 0.504 e. The van der Waals surface area contributed by atoms with Crippen molar-refractivity contribution in [1.82, 2.24) is 5.32 Å². The van der Waals surface area contributed by atoms with Gasteiger partial charge in [-0.2, -0.15) is 0 Å². The quantitative estimate of drug-likeness (QED) is 0.842. The number of nitrogens with one attached hydrogen (secondary N) is 1. The Bertz CT molecular complexity index is 445. The lowest BCUT2D eigenvalue weighted by molar-refractivity contribution is 0.0948. The number of hydrogen-bond donors (Lipinski definition) is 2. The topological polar surface area (TPSA) is 58.6 Å². The maximum absolute atomic E-state index is 11.9. The van der Waals surface area contributed by atoms with Crippen LogP contribution in [0.4, 0.5) is 0 Å². The third kappa shape index (κ3) is 2.75. The second kappa shape index (κ2) is 5.29. The van der Waals surface area contributed by atoms with E-state index in [1.165, 1.54) is 19.6 Å². The van der Waals surface area contributed by atoms with Crippen molar-refractivity contribution in [2.24, 2.45) is 5.92 Å². The number of phenols is 1. The van der Waals surface area contributed by atoms with Crippen molar-refractivity contribution in [3.05, 3.63) is 23.8 Å². The Balaban J connectivity index is 1.95. The Morgan fingerprint density at radius 2 is 2.33 bits per heavy atom. The summed E-state index contributed by atoms with van der Waals surface area (Å²) in [5.41, 5.74) is 0.468. The zero-order valence-corrected chi connectivity index (χ0v) is 10.8. The van der Waals surface area contributed by atoms with Crippen molar-refractivity contribution in [2.45, 2.75) is 32.2 Å². The lowest BCUT2D eigenvalue weighted by Crippen LogP contribution is -2.26. The molecule has 1 aromatic rings. The number of carbonyl (C=O) groups excluding carboxylic acids is 1. The first-order valence-corrected chi connectivity index (χ1v) is 6.33. The van der Waals surface area contributed by atoms with E-state index in [4.69, 9.17) is 4.74 Å². The van der Waals surface area contributed by atoms with Gasteiger partial charge in [0.15, 0.2) is 11.5 Å². The van der Waals surface area contributed by atoms with E-state index in [2.05, 4.69) is 12.2 Å². The Morgan fingerprint density at radius 3 is 2.94 bits per heavy atom. The summed E-state index contributed by atoms with van der Waals surface area (Å²) < 4.78 is 4.94. The number of amides is 1. The van der Waals surface area contributed by atoms with Crippen molar-refractivity contribution in [1.29, 1.82) is 0 Å². The molecule has 0 radical (unpaired) electrons. The minimum atomic E-state index is -0.128. The van der Waals surface area contributed by atoms with Crippen LogP contribution in [-0.4, -0.2) is 24.2 Å². The SMILES string of the molecule is CCCC1CC1NC(=O)c1ccc(OC)c(O)c1. The summed E-state index contributed by atoms with van der Waals surface area (Å²) in [6.45, 7) is 2.15. The van der Waals surface area contributed by atoms with E-state index >= 15 is 0 Å². The second-order valence-electron chi connectivity index (χ2n) is 4.75. The van der Waals surface area contributed by atoms with Crippen LogP contribution in [0.3, 0.4) is 0 Å². The van der Waals surface area contributed by atoms with E-state index in [0.717, 1.165) is 12.8 Å². The Hall–Kier alpha value is -1.71. The van der Waals surface area contributed by atoms with Crippen LogP contribution in [0.2, 0.25) is 0 Å². The Morgan fingerprint density at radius 1 is 1.56 bits per heavy atom. The molecule has 0 bridgehead atoms. The summed E-state index contributed by atoms with van der Waals surface area (Å²) in [4.78, 5) is 11.9. The van der Waals surface area contributed by atoms with Crippen LogP contribution in [0, 0.1) is 5.92 Å². The summed E-state index contributed by atoms with van der Waals surface area (Å²) >= 11 is 0. The average molecular weight is 249 g/mol. The zero-order valence-electron chi connectivity index (χ0n) is 10.8. The molecule has 2 unspecified atom stereocenters. The molecule has 1 fully saturated rings. The molecule has 0 aliphatic heterocycles. The summed E-state index contributed by atoms with van der Waals surface area (Å²) in [5.74, 6) is 0.871. The Labute approximate surface area is 107 Å². The standard InChI is InChI=1S/C14H19NO3/c1-3-4-9-7-11(9)15-14(17)10-5-6-13(18-2)12(16)8-10/h5-6,8-9,11,16H,3-4,7H2,1-2H3,(H,15,17). The van der Waals surface area contributed by atoms with Crippen LogP contribution < -0.4 is 10.1 Å². The van der Waals surface area contributed by atoms with Gasteiger partial charge in [-0.05, 0) is 37.0 Å². The van der Waals surface area contributed by atoms with Crippen molar-refractivity contribution >= 4 is 5.91 Å². The highest BCUT2D eigenvalue weighted by Crippen LogP contribution is 2.35. The fraction of sp³-hybridized carbons (Fsp3) is 0.500. The Kier molecular flexibility index (Phi) is 3.75. The molecule has 0 spiro atoms. The minimum Gasteiger partial charge on any atom is -0.504 e. The number of phenolic OH excluding ortho intramolecular Hbond substituents is 1. The molecule has 0 aromatic heterocycles. The fourth-order valence-corrected chi connectivity index (χ4v) is 2.20. The first-order chi connectivity index (χ1) is 8.65.